The van der Waals surface area contributed by atoms with Crippen LogP contribution in [0.4, 0.5) is 8.78 Å². The topological polar surface area (TPSA) is 44.2 Å². The van der Waals surface area contributed by atoms with E-state index in [-0.39, 0.29) is 22.8 Å². The molecule has 0 fully saturated rings. The van der Waals surface area contributed by atoms with Crippen LogP contribution in [-0.2, 0) is 0 Å². The first-order chi connectivity index (χ1) is 11.0. The normalized spacial score (nSPS) is 10.8. The second-order valence-corrected chi connectivity index (χ2v) is 5.10. The van der Waals surface area contributed by atoms with E-state index in [0.717, 1.165) is 6.07 Å². The molecule has 3 aromatic rings. The van der Waals surface area contributed by atoms with E-state index in [1.54, 1.807) is 6.07 Å². The van der Waals surface area contributed by atoms with Gasteiger partial charge in [-0.25, -0.2) is 13.8 Å². The number of halogens is 3. The smallest absolute Gasteiger partial charge is 0.177 e. The van der Waals surface area contributed by atoms with Crippen LogP contribution in [0.1, 0.15) is 0 Å². The molecule has 0 spiro atoms. The summed E-state index contributed by atoms with van der Waals surface area (Å²) >= 11 is 5.81. The molecule has 3 rings (SSSR count). The molecule has 0 aliphatic carbocycles. The van der Waals surface area contributed by atoms with Crippen molar-refractivity contribution in [3.05, 3.63) is 47.4 Å². The van der Waals surface area contributed by atoms with E-state index < -0.39 is 11.6 Å². The van der Waals surface area contributed by atoms with Crippen LogP contribution in [0.15, 0.2) is 30.6 Å². The van der Waals surface area contributed by atoms with Gasteiger partial charge < -0.3 is 9.47 Å². The van der Waals surface area contributed by atoms with Crippen molar-refractivity contribution < 1.29 is 18.3 Å². The zero-order valence-electron chi connectivity index (χ0n) is 12.2. The third kappa shape index (κ3) is 2.66. The fraction of sp³-hybridized carbons (Fsp3) is 0.125. The quantitative estimate of drug-likeness (QED) is 0.671. The van der Waals surface area contributed by atoms with Crippen LogP contribution >= 0.6 is 11.6 Å². The molecule has 2 heterocycles. The van der Waals surface area contributed by atoms with Gasteiger partial charge in [-0.2, -0.15) is 0 Å². The lowest BCUT2D eigenvalue weighted by molar-refractivity contribution is 0.359. The van der Waals surface area contributed by atoms with E-state index in [9.17, 15) is 8.78 Å². The summed E-state index contributed by atoms with van der Waals surface area (Å²) in [6.45, 7) is 0. The van der Waals surface area contributed by atoms with Crippen molar-refractivity contribution in [2.45, 2.75) is 0 Å². The van der Waals surface area contributed by atoms with Crippen molar-refractivity contribution in [2.24, 2.45) is 0 Å². The maximum absolute atomic E-state index is 14.5. The number of pyridine rings is 2. The van der Waals surface area contributed by atoms with Crippen molar-refractivity contribution in [2.75, 3.05) is 14.2 Å². The molecule has 0 radical (unpaired) electrons. The number of methoxy groups -OCH3 is 2. The Kier molecular flexibility index (Phi) is 4.00. The summed E-state index contributed by atoms with van der Waals surface area (Å²) in [5.74, 6) is -1.96. The highest BCUT2D eigenvalue weighted by molar-refractivity contribution is 6.30. The van der Waals surface area contributed by atoms with Gasteiger partial charge in [0.2, 0.25) is 0 Å². The molecule has 118 valence electrons. The first-order valence-electron chi connectivity index (χ1n) is 6.56. The van der Waals surface area contributed by atoms with Gasteiger partial charge >= 0.3 is 0 Å². The number of hydrogen-bond acceptors (Lipinski definition) is 4. The molecular weight excluding hydrogens is 326 g/mol. The first kappa shape index (κ1) is 15.4. The van der Waals surface area contributed by atoms with Gasteiger partial charge in [0.05, 0.1) is 25.5 Å². The summed E-state index contributed by atoms with van der Waals surface area (Å²) in [5, 5.41) is 1.68. The van der Waals surface area contributed by atoms with Crippen molar-refractivity contribution in [1.82, 2.24) is 9.97 Å². The summed E-state index contributed by atoms with van der Waals surface area (Å²) in [6, 6.07) is 4.29. The Balaban J connectivity index is 2.27. The number of hydrogen-bond donors (Lipinski definition) is 0. The van der Waals surface area contributed by atoms with E-state index in [1.807, 2.05) is 0 Å². The van der Waals surface area contributed by atoms with E-state index in [4.69, 9.17) is 21.1 Å². The Hall–Kier alpha value is -2.47. The lowest BCUT2D eigenvalue weighted by atomic mass is 10.1. The van der Waals surface area contributed by atoms with Crippen LogP contribution < -0.4 is 9.47 Å². The standard InChI is InChI=1S/C16H11ClF2N2O2/c1-22-11-5-12(23-2)16(19)14(15(11)18)10-3-8-7-21-13(17)4-9(8)6-20-10/h3-7H,1-2H3. The minimum absolute atomic E-state index is 0.105. The van der Waals surface area contributed by atoms with Gasteiger partial charge in [-0.1, -0.05) is 11.6 Å². The summed E-state index contributed by atoms with van der Waals surface area (Å²) in [4.78, 5) is 8.07. The average molecular weight is 337 g/mol. The number of fused-ring (bicyclic) bond motifs is 1. The summed E-state index contributed by atoms with van der Waals surface area (Å²) < 4.78 is 38.9. The number of ether oxygens (including phenoxy) is 2. The van der Waals surface area contributed by atoms with Crippen molar-refractivity contribution in [3.63, 3.8) is 0 Å². The second-order valence-electron chi connectivity index (χ2n) is 4.71. The molecule has 0 amide bonds. The molecular formula is C16H11ClF2N2O2. The predicted molar refractivity (Wildman–Crippen MR) is 83.0 cm³/mol. The van der Waals surface area contributed by atoms with Crippen LogP contribution in [0.2, 0.25) is 5.15 Å². The van der Waals surface area contributed by atoms with Crippen molar-refractivity contribution in [1.29, 1.82) is 0 Å². The van der Waals surface area contributed by atoms with Gasteiger partial charge in [-0.3, -0.25) is 4.98 Å². The zero-order chi connectivity index (χ0) is 16.6. The largest absolute Gasteiger partial charge is 0.494 e. The molecule has 0 N–H and O–H groups in total. The summed E-state index contributed by atoms with van der Waals surface area (Å²) in [5.41, 5.74) is -0.216. The Morgan fingerprint density at radius 2 is 1.43 bits per heavy atom. The van der Waals surface area contributed by atoms with E-state index in [2.05, 4.69) is 9.97 Å². The van der Waals surface area contributed by atoms with E-state index in [1.165, 1.54) is 32.7 Å². The third-order valence-corrected chi connectivity index (χ3v) is 3.61. The third-order valence-electron chi connectivity index (χ3n) is 3.40. The number of rotatable bonds is 3. The molecule has 0 saturated carbocycles. The number of nitrogens with zero attached hydrogens (tertiary/aromatic N) is 2. The highest BCUT2D eigenvalue weighted by atomic mass is 35.5. The predicted octanol–water partition coefficient (Wildman–Crippen LogP) is 4.25. The zero-order valence-corrected chi connectivity index (χ0v) is 13.0. The van der Waals surface area contributed by atoms with Crippen LogP contribution in [-0.4, -0.2) is 24.2 Å². The van der Waals surface area contributed by atoms with Gasteiger partial charge in [0.15, 0.2) is 23.1 Å². The molecule has 2 aromatic heterocycles. The Bertz CT molecular complexity index is 875. The lowest BCUT2D eigenvalue weighted by Crippen LogP contribution is -2.00. The maximum atomic E-state index is 14.5. The molecule has 0 aliphatic rings. The summed E-state index contributed by atoms with van der Waals surface area (Å²) in [7, 11) is 2.58. The van der Waals surface area contributed by atoms with Crippen LogP contribution in [0.5, 0.6) is 11.5 Å². The van der Waals surface area contributed by atoms with Crippen LogP contribution in [0.25, 0.3) is 22.0 Å². The molecule has 0 atom stereocenters. The van der Waals surface area contributed by atoms with Crippen molar-refractivity contribution in [3.8, 4) is 22.8 Å². The van der Waals surface area contributed by atoms with Crippen LogP contribution in [0, 0.1) is 11.6 Å². The van der Waals surface area contributed by atoms with E-state index in [0.29, 0.717) is 15.9 Å². The fourth-order valence-corrected chi connectivity index (χ4v) is 2.42. The van der Waals surface area contributed by atoms with Gasteiger partial charge in [-0.05, 0) is 12.1 Å². The SMILES string of the molecule is COc1cc(OC)c(F)c(-c2cc3cnc(Cl)cc3cn2)c1F. The maximum Gasteiger partial charge on any atom is 0.177 e. The summed E-state index contributed by atoms with van der Waals surface area (Å²) in [6.07, 6.45) is 2.99. The molecule has 23 heavy (non-hydrogen) atoms. The van der Waals surface area contributed by atoms with Gasteiger partial charge in [-0.15, -0.1) is 0 Å². The highest BCUT2D eigenvalue weighted by Crippen LogP contribution is 2.37. The van der Waals surface area contributed by atoms with E-state index >= 15 is 0 Å². The first-order valence-corrected chi connectivity index (χ1v) is 6.94. The van der Waals surface area contributed by atoms with Crippen LogP contribution in [0.3, 0.4) is 0 Å². The molecule has 0 unspecified atom stereocenters. The molecule has 0 saturated heterocycles. The van der Waals surface area contributed by atoms with Gasteiger partial charge in [0, 0.05) is 29.2 Å². The Labute approximate surface area is 135 Å². The Morgan fingerprint density at radius 1 is 0.870 bits per heavy atom. The monoisotopic (exact) mass is 336 g/mol. The lowest BCUT2D eigenvalue weighted by Gasteiger charge is -2.12. The second kappa shape index (κ2) is 5.96. The van der Waals surface area contributed by atoms with Crippen molar-refractivity contribution >= 4 is 22.4 Å². The molecule has 7 heteroatoms. The molecule has 1 aromatic carbocycles. The average Bonchev–Trinajstić information content (AvgIpc) is 2.55. The minimum atomic E-state index is -0.848. The number of benzene rings is 1. The van der Waals surface area contributed by atoms with Gasteiger partial charge in [0.25, 0.3) is 0 Å². The minimum Gasteiger partial charge on any atom is -0.494 e. The molecule has 4 nitrogen and oxygen atoms in total. The van der Waals surface area contributed by atoms with Gasteiger partial charge in [0.1, 0.15) is 5.15 Å². The molecule has 0 aliphatic heterocycles. The Morgan fingerprint density at radius 3 is 2.04 bits per heavy atom. The highest BCUT2D eigenvalue weighted by Gasteiger charge is 2.22. The fourth-order valence-electron chi connectivity index (χ4n) is 2.26. The number of aromatic nitrogens is 2. The molecule has 0 bridgehead atoms.